The molecule has 0 aliphatic carbocycles. The van der Waals surface area contributed by atoms with Crippen LogP contribution < -0.4 is 5.32 Å². The lowest BCUT2D eigenvalue weighted by Crippen LogP contribution is -2.50. The van der Waals surface area contributed by atoms with Crippen molar-refractivity contribution in [2.75, 3.05) is 51.8 Å². The normalized spacial score (nSPS) is 27.1. The molecule has 0 spiro atoms. The zero-order valence-electron chi connectivity index (χ0n) is 11.5. The Balaban J connectivity index is 1.76. The molecule has 1 amide bonds. The summed E-state index contributed by atoms with van der Waals surface area (Å²) in [7, 11) is 4.13. The van der Waals surface area contributed by atoms with Crippen LogP contribution in [0.4, 0.5) is 0 Å². The quantitative estimate of drug-likeness (QED) is 0.810. The maximum atomic E-state index is 12.3. The lowest BCUT2D eigenvalue weighted by atomic mass is 9.96. The lowest BCUT2D eigenvalue weighted by Gasteiger charge is -2.33. The maximum absolute atomic E-state index is 12.3. The zero-order chi connectivity index (χ0) is 13.0. The van der Waals surface area contributed by atoms with Gasteiger partial charge >= 0.3 is 0 Å². The molecule has 0 bridgehead atoms. The largest absolute Gasteiger partial charge is 0.344 e. The molecule has 0 aromatic rings. The number of piperidine rings is 1. The third kappa shape index (κ3) is 3.87. The topological polar surface area (TPSA) is 35.6 Å². The number of carbonyl (C=O) groups is 1. The van der Waals surface area contributed by atoms with Gasteiger partial charge in [0.2, 0.25) is 5.91 Å². The number of nitrogens with one attached hydrogen (secondary N) is 1. The predicted molar refractivity (Wildman–Crippen MR) is 77.0 cm³/mol. The van der Waals surface area contributed by atoms with Crippen molar-refractivity contribution in [2.45, 2.75) is 18.9 Å². The highest BCUT2D eigenvalue weighted by Crippen LogP contribution is 2.18. The second-order valence-corrected chi connectivity index (χ2v) is 6.70. The molecule has 1 unspecified atom stereocenters. The van der Waals surface area contributed by atoms with Crippen molar-refractivity contribution in [1.82, 2.24) is 15.1 Å². The fraction of sp³-hybridized carbons (Fsp3) is 0.923. The maximum Gasteiger partial charge on any atom is 0.240 e. The Kier molecular flexibility index (Phi) is 5.33. The summed E-state index contributed by atoms with van der Waals surface area (Å²) in [6, 6.07) is 0.0417. The summed E-state index contributed by atoms with van der Waals surface area (Å²) in [4.78, 5) is 16.6. The van der Waals surface area contributed by atoms with E-state index in [4.69, 9.17) is 0 Å². The molecule has 0 radical (unpaired) electrons. The Morgan fingerprint density at radius 1 is 1.44 bits per heavy atom. The van der Waals surface area contributed by atoms with E-state index in [0.29, 0.717) is 5.92 Å². The molecule has 104 valence electrons. The number of likely N-dealkylation sites (tertiary alicyclic amines) is 1. The van der Waals surface area contributed by atoms with Crippen LogP contribution in [0.3, 0.4) is 0 Å². The number of likely N-dealkylation sites (N-methyl/N-ethyl adjacent to an activating group) is 1. The summed E-state index contributed by atoms with van der Waals surface area (Å²) < 4.78 is 0. The molecular formula is C13H25N3OS. The Labute approximate surface area is 114 Å². The van der Waals surface area contributed by atoms with Gasteiger partial charge in [0.15, 0.2) is 0 Å². The van der Waals surface area contributed by atoms with E-state index in [1.807, 2.05) is 23.7 Å². The van der Waals surface area contributed by atoms with Gasteiger partial charge in [-0.15, -0.1) is 0 Å². The van der Waals surface area contributed by atoms with Crippen molar-refractivity contribution in [3.63, 3.8) is 0 Å². The number of carbonyl (C=O) groups excluding carboxylic acids is 1. The number of rotatable bonds is 3. The molecule has 18 heavy (non-hydrogen) atoms. The summed E-state index contributed by atoms with van der Waals surface area (Å²) >= 11 is 1.88. The van der Waals surface area contributed by atoms with Crippen LogP contribution in [0.1, 0.15) is 12.8 Å². The van der Waals surface area contributed by atoms with E-state index in [9.17, 15) is 4.79 Å². The lowest BCUT2D eigenvalue weighted by molar-refractivity contribution is -0.132. The Morgan fingerprint density at radius 3 is 2.78 bits per heavy atom. The fourth-order valence-electron chi connectivity index (χ4n) is 2.71. The molecule has 0 saturated carbocycles. The van der Waals surface area contributed by atoms with Gasteiger partial charge in [-0.25, -0.2) is 0 Å². The second-order valence-electron chi connectivity index (χ2n) is 5.55. The standard InChI is InChI=1S/C13H25N3OS/c1-15-6-3-11(4-7-15)9-16(2)13(17)12-10-18-8-5-14-12/h11-12,14H,3-10H2,1-2H3. The Bertz CT molecular complexity index is 273. The van der Waals surface area contributed by atoms with Gasteiger partial charge in [-0.2, -0.15) is 11.8 Å². The molecule has 5 heteroatoms. The summed E-state index contributed by atoms with van der Waals surface area (Å²) in [5, 5.41) is 3.32. The molecule has 2 aliphatic heterocycles. The van der Waals surface area contributed by atoms with Gasteiger partial charge in [0.1, 0.15) is 0 Å². The van der Waals surface area contributed by atoms with E-state index >= 15 is 0 Å². The zero-order valence-corrected chi connectivity index (χ0v) is 12.3. The number of nitrogens with zero attached hydrogens (tertiary/aromatic N) is 2. The van der Waals surface area contributed by atoms with E-state index in [1.165, 1.54) is 25.9 Å². The molecule has 0 aromatic heterocycles. The van der Waals surface area contributed by atoms with E-state index < -0.39 is 0 Å². The second kappa shape index (κ2) is 6.78. The number of thioether (sulfide) groups is 1. The van der Waals surface area contributed by atoms with Gasteiger partial charge in [-0.1, -0.05) is 0 Å². The molecule has 1 N–H and O–H groups in total. The highest BCUT2D eigenvalue weighted by atomic mass is 32.2. The monoisotopic (exact) mass is 271 g/mol. The van der Waals surface area contributed by atoms with Gasteiger partial charge in [0.05, 0.1) is 6.04 Å². The van der Waals surface area contributed by atoms with Crippen LogP contribution in [0.15, 0.2) is 0 Å². The van der Waals surface area contributed by atoms with Crippen molar-refractivity contribution in [3.8, 4) is 0 Å². The minimum absolute atomic E-state index is 0.0417. The number of hydrogen-bond donors (Lipinski definition) is 1. The van der Waals surface area contributed by atoms with Crippen LogP contribution in [0.2, 0.25) is 0 Å². The van der Waals surface area contributed by atoms with Gasteiger partial charge in [0.25, 0.3) is 0 Å². The van der Waals surface area contributed by atoms with E-state index in [0.717, 1.165) is 24.6 Å². The first-order valence-corrected chi connectivity index (χ1v) is 8.07. The van der Waals surface area contributed by atoms with Gasteiger partial charge in [-0.3, -0.25) is 4.79 Å². The molecule has 4 nitrogen and oxygen atoms in total. The van der Waals surface area contributed by atoms with Gasteiger partial charge < -0.3 is 15.1 Å². The summed E-state index contributed by atoms with van der Waals surface area (Å²) in [5.74, 6) is 3.02. The van der Waals surface area contributed by atoms with Crippen molar-refractivity contribution in [2.24, 2.45) is 5.92 Å². The predicted octanol–water partition coefficient (Wildman–Crippen LogP) is 0.492. The van der Waals surface area contributed by atoms with Crippen LogP contribution >= 0.6 is 11.8 Å². The first kappa shape index (κ1) is 14.2. The number of amides is 1. The van der Waals surface area contributed by atoms with Crippen LogP contribution in [-0.2, 0) is 4.79 Å². The van der Waals surface area contributed by atoms with Crippen molar-refractivity contribution >= 4 is 17.7 Å². The van der Waals surface area contributed by atoms with Gasteiger partial charge in [-0.05, 0) is 38.9 Å². The molecule has 1 atom stereocenters. The number of hydrogen-bond acceptors (Lipinski definition) is 4. The molecule has 0 aromatic carbocycles. The SMILES string of the molecule is CN1CCC(CN(C)C(=O)C2CSCCN2)CC1. The van der Waals surface area contributed by atoms with Crippen LogP contribution in [0, 0.1) is 5.92 Å². The third-order valence-corrected chi connectivity index (χ3v) is 5.03. The summed E-state index contributed by atoms with van der Waals surface area (Å²) in [6.07, 6.45) is 2.45. The first-order chi connectivity index (χ1) is 8.66. The van der Waals surface area contributed by atoms with Crippen molar-refractivity contribution in [3.05, 3.63) is 0 Å². The van der Waals surface area contributed by atoms with E-state index in [1.54, 1.807) is 0 Å². The first-order valence-electron chi connectivity index (χ1n) is 6.91. The smallest absolute Gasteiger partial charge is 0.240 e. The van der Waals surface area contributed by atoms with Crippen LogP contribution in [0.25, 0.3) is 0 Å². The van der Waals surface area contributed by atoms with Crippen molar-refractivity contribution < 1.29 is 4.79 Å². The highest BCUT2D eigenvalue weighted by Gasteiger charge is 2.26. The van der Waals surface area contributed by atoms with Crippen LogP contribution in [-0.4, -0.2) is 73.5 Å². The molecule has 2 saturated heterocycles. The van der Waals surface area contributed by atoms with Crippen molar-refractivity contribution in [1.29, 1.82) is 0 Å². The average Bonchev–Trinajstić information content (AvgIpc) is 2.41. The highest BCUT2D eigenvalue weighted by molar-refractivity contribution is 7.99. The average molecular weight is 271 g/mol. The third-order valence-electron chi connectivity index (χ3n) is 3.97. The van der Waals surface area contributed by atoms with E-state index in [-0.39, 0.29) is 11.9 Å². The fourth-order valence-corrected chi connectivity index (χ4v) is 3.64. The van der Waals surface area contributed by atoms with Gasteiger partial charge in [0, 0.05) is 31.6 Å². The van der Waals surface area contributed by atoms with Crippen LogP contribution in [0.5, 0.6) is 0 Å². The Morgan fingerprint density at radius 2 is 2.17 bits per heavy atom. The molecule has 2 aliphatic rings. The molecule has 2 heterocycles. The van der Waals surface area contributed by atoms with E-state index in [2.05, 4.69) is 17.3 Å². The Hall–Kier alpha value is -0.260. The minimum atomic E-state index is 0.0417. The summed E-state index contributed by atoms with van der Waals surface area (Å²) in [6.45, 7) is 4.23. The molecule has 2 fully saturated rings. The minimum Gasteiger partial charge on any atom is -0.344 e. The summed E-state index contributed by atoms with van der Waals surface area (Å²) in [5.41, 5.74) is 0. The molecular weight excluding hydrogens is 246 g/mol. The molecule has 2 rings (SSSR count).